The van der Waals surface area contributed by atoms with Gasteiger partial charge in [-0.2, -0.15) is 0 Å². The van der Waals surface area contributed by atoms with Crippen LogP contribution in [0.25, 0.3) is 10.9 Å². The second-order valence-corrected chi connectivity index (χ2v) is 5.12. The molecule has 2 rings (SSSR count). The van der Waals surface area contributed by atoms with E-state index in [1.165, 1.54) is 18.2 Å². The Kier molecular flexibility index (Phi) is 5.08. The van der Waals surface area contributed by atoms with E-state index >= 15 is 0 Å². The van der Waals surface area contributed by atoms with Gasteiger partial charge >= 0.3 is 11.9 Å². The van der Waals surface area contributed by atoms with Gasteiger partial charge in [0.1, 0.15) is 0 Å². The molecule has 0 amide bonds. The molecule has 0 aliphatic heterocycles. The number of hydrogen-bond donors (Lipinski definition) is 1. The van der Waals surface area contributed by atoms with Crippen molar-refractivity contribution in [2.24, 2.45) is 0 Å². The molecular formula is C16H16N2O6. The number of aromatic nitrogens is 1. The van der Waals surface area contributed by atoms with Crippen LogP contribution in [0.3, 0.4) is 0 Å². The van der Waals surface area contributed by atoms with Crippen LogP contribution in [0, 0.1) is 17.0 Å². The van der Waals surface area contributed by atoms with Gasteiger partial charge in [0.15, 0.2) is 0 Å². The lowest BCUT2D eigenvalue weighted by atomic mass is 9.96. The molecule has 0 saturated heterocycles. The molecule has 0 aliphatic carbocycles. The zero-order valence-electron chi connectivity index (χ0n) is 13.2. The molecule has 0 atom stereocenters. The van der Waals surface area contributed by atoms with Gasteiger partial charge in [-0.05, 0) is 31.9 Å². The highest BCUT2D eigenvalue weighted by molar-refractivity contribution is 5.99. The second kappa shape index (κ2) is 7.03. The fourth-order valence-corrected chi connectivity index (χ4v) is 2.54. The number of rotatable bonds is 6. The van der Waals surface area contributed by atoms with Crippen molar-refractivity contribution in [2.75, 3.05) is 6.61 Å². The molecule has 2 aromatic rings. The first-order valence-electron chi connectivity index (χ1n) is 7.31. The average Bonchev–Trinajstić information content (AvgIpc) is 2.51. The molecule has 8 nitrogen and oxygen atoms in total. The van der Waals surface area contributed by atoms with Crippen LogP contribution in [-0.2, 0) is 16.0 Å². The van der Waals surface area contributed by atoms with Gasteiger partial charge in [0.25, 0.3) is 5.69 Å². The highest BCUT2D eigenvalue weighted by Crippen LogP contribution is 2.28. The van der Waals surface area contributed by atoms with Crippen molar-refractivity contribution >= 4 is 28.5 Å². The second-order valence-electron chi connectivity index (χ2n) is 5.12. The summed E-state index contributed by atoms with van der Waals surface area (Å²) in [6.45, 7) is 3.44. The smallest absolute Gasteiger partial charge is 0.340 e. The van der Waals surface area contributed by atoms with E-state index in [9.17, 15) is 19.7 Å². The van der Waals surface area contributed by atoms with Gasteiger partial charge in [-0.15, -0.1) is 0 Å². The van der Waals surface area contributed by atoms with Crippen LogP contribution in [0.2, 0.25) is 0 Å². The predicted molar refractivity (Wildman–Crippen MR) is 85.0 cm³/mol. The minimum Gasteiger partial charge on any atom is -0.481 e. The lowest BCUT2D eigenvalue weighted by molar-refractivity contribution is -0.384. The number of nitro benzene ring substituents is 1. The summed E-state index contributed by atoms with van der Waals surface area (Å²) in [4.78, 5) is 37.8. The van der Waals surface area contributed by atoms with Crippen LogP contribution in [0.1, 0.15) is 35.0 Å². The molecule has 0 saturated carbocycles. The van der Waals surface area contributed by atoms with Gasteiger partial charge in [0.05, 0.1) is 28.3 Å². The van der Waals surface area contributed by atoms with Crippen molar-refractivity contribution in [1.82, 2.24) is 4.98 Å². The summed E-state index contributed by atoms with van der Waals surface area (Å²) in [7, 11) is 0. The van der Waals surface area contributed by atoms with E-state index in [1.54, 1.807) is 13.8 Å². The molecule has 0 unspecified atom stereocenters. The molecular weight excluding hydrogens is 316 g/mol. The monoisotopic (exact) mass is 332 g/mol. The summed E-state index contributed by atoms with van der Waals surface area (Å²) < 4.78 is 5.03. The topological polar surface area (TPSA) is 120 Å². The molecule has 1 aromatic carbocycles. The SMILES string of the molecule is CCOC(=O)c1c(C)nc2cc([N+](=O)[O-])ccc2c1CCC(=O)O. The maximum atomic E-state index is 12.2. The van der Waals surface area contributed by atoms with Crippen LogP contribution >= 0.6 is 0 Å². The third kappa shape index (κ3) is 3.48. The number of carbonyl (C=O) groups excluding carboxylic acids is 1. The largest absolute Gasteiger partial charge is 0.481 e. The van der Waals surface area contributed by atoms with Crippen LogP contribution in [0.15, 0.2) is 18.2 Å². The lowest BCUT2D eigenvalue weighted by Crippen LogP contribution is -2.13. The van der Waals surface area contributed by atoms with Crippen molar-refractivity contribution < 1.29 is 24.4 Å². The molecule has 0 spiro atoms. The van der Waals surface area contributed by atoms with E-state index in [1.807, 2.05) is 0 Å². The molecule has 0 bridgehead atoms. The molecule has 24 heavy (non-hydrogen) atoms. The molecule has 1 aromatic heterocycles. The van der Waals surface area contributed by atoms with E-state index < -0.39 is 16.9 Å². The highest BCUT2D eigenvalue weighted by atomic mass is 16.6. The third-order valence-corrected chi connectivity index (χ3v) is 3.54. The maximum absolute atomic E-state index is 12.2. The third-order valence-electron chi connectivity index (χ3n) is 3.54. The highest BCUT2D eigenvalue weighted by Gasteiger charge is 2.21. The van der Waals surface area contributed by atoms with Crippen molar-refractivity contribution in [3.63, 3.8) is 0 Å². The number of benzene rings is 1. The first-order chi connectivity index (χ1) is 11.3. The van der Waals surface area contributed by atoms with Gasteiger partial charge in [0.2, 0.25) is 0 Å². The number of nitro groups is 1. The number of carbonyl (C=O) groups is 2. The molecule has 0 aliphatic rings. The Labute approximate surface area is 137 Å². The molecule has 8 heteroatoms. The maximum Gasteiger partial charge on any atom is 0.340 e. The summed E-state index contributed by atoms with van der Waals surface area (Å²) in [6.07, 6.45) is -0.0803. The Morgan fingerprint density at radius 3 is 2.67 bits per heavy atom. The summed E-state index contributed by atoms with van der Waals surface area (Å²) in [5, 5.41) is 20.4. The Morgan fingerprint density at radius 2 is 2.08 bits per heavy atom. The van der Waals surface area contributed by atoms with E-state index in [-0.39, 0.29) is 30.7 Å². The number of pyridine rings is 1. The van der Waals surface area contributed by atoms with Gasteiger partial charge in [0, 0.05) is 23.9 Å². The minimum absolute atomic E-state index is 0.0984. The summed E-state index contributed by atoms with van der Waals surface area (Å²) in [5.41, 5.74) is 1.27. The van der Waals surface area contributed by atoms with Crippen LogP contribution in [0.4, 0.5) is 5.69 Å². The average molecular weight is 332 g/mol. The molecule has 1 heterocycles. The normalized spacial score (nSPS) is 10.6. The first-order valence-corrected chi connectivity index (χ1v) is 7.31. The number of aryl methyl sites for hydroxylation is 2. The van der Waals surface area contributed by atoms with E-state index in [4.69, 9.17) is 9.84 Å². The van der Waals surface area contributed by atoms with Crippen LogP contribution in [-0.4, -0.2) is 33.6 Å². The quantitative estimate of drug-likeness (QED) is 0.490. The summed E-state index contributed by atoms with van der Waals surface area (Å²) in [6, 6.07) is 4.10. The van der Waals surface area contributed by atoms with Gasteiger partial charge in [-0.25, -0.2) is 4.79 Å². The summed E-state index contributed by atoms with van der Waals surface area (Å²) in [5.74, 6) is -1.59. The Hall–Kier alpha value is -3.03. The minimum atomic E-state index is -1.01. The summed E-state index contributed by atoms with van der Waals surface area (Å²) >= 11 is 0. The number of aliphatic carboxylic acids is 1. The van der Waals surface area contributed by atoms with Crippen molar-refractivity contribution in [3.05, 3.63) is 45.1 Å². The number of esters is 1. The van der Waals surface area contributed by atoms with E-state index in [0.29, 0.717) is 22.2 Å². The van der Waals surface area contributed by atoms with Crippen LogP contribution in [0.5, 0.6) is 0 Å². The first kappa shape index (κ1) is 17.3. The van der Waals surface area contributed by atoms with E-state index in [0.717, 1.165) is 0 Å². The number of carboxylic acids is 1. The van der Waals surface area contributed by atoms with Gasteiger partial charge in [-0.1, -0.05) is 0 Å². The number of fused-ring (bicyclic) bond motifs is 1. The standard InChI is InChI=1S/C16H16N2O6/c1-3-24-16(21)15-9(2)17-13-8-10(18(22)23)4-5-11(13)12(15)6-7-14(19)20/h4-5,8H,3,6-7H2,1-2H3,(H,19,20). The Balaban J connectivity index is 2.70. The molecule has 0 fully saturated rings. The Morgan fingerprint density at radius 1 is 1.38 bits per heavy atom. The lowest BCUT2D eigenvalue weighted by Gasteiger charge is -2.14. The fraction of sp³-hybridized carbons (Fsp3) is 0.312. The number of hydrogen-bond acceptors (Lipinski definition) is 6. The number of ether oxygens (including phenoxy) is 1. The molecule has 0 radical (unpaired) electrons. The zero-order valence-corrected chi connectivity index (χ0v) is 13.2. The Bertz CT molecular complexity index is 831. The predicted octanol–water partition coefficient (Wildman–Crippen LogP) is 2.65. The fourth-order valence-electron chi connectivity index (χ4n) is 2.54. The number of carboxylic acid groups (broad SMARTS) is 1. The van der Waals surface area contributed by atoms with Gasteiger partial charge < -0.3 is 9.84 Å². The van der Waals surface area contributed by atoms with Gasteiger partial charge in [-0.3, -0.25) is 19.9 Å². The number of non-ortho nitro benzene ring substituents is 1. The number of nitrogens with zero attached hydrogens (tertiary/aromatic N) is 2. The van der Waals surface area contributed by atoms with Crippen molar-refractivity contribution in [3.8, 4) is 0 Å². The van der Waals surface area contributed by atoms with Crippen molar-refractivity contribution in [2.45, 2.75) is 26.7 Å². The van der Waals surface area contributed by atoms with Crippen molar-refractivity contribution in [1.29, 1.82) is 0 Å². The molecule has 126 valence electrons. The van der Waals surface area contributed by atoms with Crippen LogP contribution < -0.4 is 0 Å². The van der Waals surface area contributed by atoms with E-state index in [2.05, 4.69) is 4.98 Å². The molecule has 1 N–H and O–H groups in total. The zero-order chi connectivity index (χ0) is 17.9.